The fourth-order valence-electron chi connectivity index (χ4n) is 2.06. The molecule has 21 heavy (non-hydrogen) atoms. The van der Waals surface area contributed by atoms with Gasteiger partial charge in [0.2, 0.25) is 5.91 Å². The lowest BCUT2D eigenvalue weighted by atomic mass is 10.1. The monoisotopic (exact) mass is 289 g/mol. The Hall–Kier alpha value is -2.50. The number of methoxy groups -OCH3 is 2. The number of pyridine rings is 1. The van der Waals surface area contributed by atoms with Crippen LogP contribution >= 0.6 is 0 Å². The summed E-state index contributed by atoms with van der Waals surface area (Å²) in [6, 6.07) is 5.72. The number of nitrogens with zero attached hydrogens (tertiary/aromatic N) is 1. The molecule has 1 aromatic heterocycles. The van der Waals surface area contributed by atoms with Crippen molar-refractivity contribution >= 4 is 22.5 Å². The molecule has 6 nitrogen and oxygen atoms in total. The predicted molar refractivity (Wildman–Crippen MR) is 82.0 cm³/mol. The van der Waals surface area contributed by atoms with E-state index in [9.17, 15) is 4.79 Å². The molecule has 0 radical (unpaired) electrons. The van der Waals surface area contributed by atoms with Gasteiger partial charge in [0, 0.05) is 31.6 Å². The van der Waals surface area contributed by atoms with E-state index in [1.165, 1.54) is 6.92 Å². The summed E-state index contributed by atoms with van der Waals surface area (Å²) in [5.41, 5.74) is 0. The largest absolute Gasteiger partial charge is 0.493 e. The number of hydrogen-bond donors (Lipinski definition) is 2. The Morgan fingerprint density at radius 2 is 1.90 bits per heavy atom. The Morgan fingerprint density at radius 1 is 1.19 bits per heavy atom. The molecule has 0 bridgehead atoms. The molecule has 1 amide bonds. The van der Waals surface area contributed by atoms with Crippen molar-refractivity contribution < 1.29 is 14.3 Å². The number of nitrogens with one attached hydrogen (secondary N) is 2. The molecule has 0 atom stereocenters. The average molecular weight is 289 g/mol. The molecule has 2 N–H and O–H groups in total. The van der Waals surface area contributed by atoms with Crippen LogP contribution in [0.4, 0.5) is 5.82 Å². The van der Waals surface area contributed by atoms with Crippen LogP contribution in [0.5, 0.6) is 11.5 Å². The van der Waals surface area contributed by atoms with Gasteiger partial charge < -0.3 is 20.1 Å². The Morgan fingerprint density at radius 3 is 2.57 bits per heavy atom. The van der Waals surface area contributed by atoms with Crippen LogP contribution in [-0.2, 0) is 4.79 Å². The third-order valence-corrected chi connectivity index (χ3v) is 3.06. The van der Waals surface area contributed by atoms with Crippen molar-refractivity contribution in [2.45, 2.75) is 6.92 Å². The van der Waals surface area contributed by atoms with E-state index < -0.39 is 0 Å². The molecule has 0 aliphatic heterocycles. The van der Waals surface area contributed by atoms with Crippen LogP contribution in [0.1, 0.15) is 6.92 Å². The number of fused-ring (bicyclic) bond motifs is 1. The van der Waals surface area contributed by atoms with Crippen molar-refractivity contribution in [1.82, 2.24) is 10.3 Å². The maximum absolute atomic E-state index is 10.8. The van der Waals surface area contributed by atoms with Gasteiger partial charge >= 0.3 is 0 Å². The molecule has 0 saturated heterocycles. The van der Waals surface area contributed by atoms with Crippen molar-refractivity contribution in [2.75, 3.05) is 32.6 Å². The van der Waals surface area contributed by atoms with Crippen LogP contribution in [0.25, 0.3) is 10.8 Å². The van der Waals surface area contributed by atoms with Crippen LogP contribution in [-0.4, -0.2) is 38.2 Å². The molecule has 0 saturated carbocycles. The summed E-state index contributed by atoms with van der Waals surface area (Å²) in [4.78, 5) is 15.2. The summed E-state index contributed by atoms with van der Waals surface area (Å²) >= 11 is 0. The van der Waals surface area contributed by atoms with Gasteiger partial charge in [0.1, 0.15) is 5.82 Å². The first-order valence-electron chi connectivity index (χ1n) is 6.64. The van der Waals surface area contributed by atoms with Crippen molar-refractivity contribution in [3.05, 3.63) is 24.4 Å². The highest BCUT2D eigenvalue weighted by Gasteiger charge is 2.09. The Kier molecular flexibility index (Phi) is 4.81. The number of benzene rings is 1. The van der Waals surface area contributed by atoms with Crippen molar-refractivity contribution in [3.8, 4) is 11.5 Å². The fourth-order valence-corrected chi connectivity index (χ4v) is 2.06. The topological polar surface area (TPSA) is 72.5 Å². The molecular formula is C15H19N3O3. The molecule has 0 aliphatic rings. The fraction of sp³-hybridized carbons (Fsp3) is 0.333. The molecular weight excluding hydrogens is 270 g/mol. The quantitative estimate of drug-likeness (QED) is 0.793. The summed E-state index contributed by atoms with van der Waals surface area (Å²) in [7, 11) is 3.21. The van der Waals surface area contributed by atoms with Crippen LogP contribution in [0, 0.1) is 0 Å². The molecule has 0 fully saturated rings. The normalized spacial score (nSPS) is 10.2. The van der Waals surface area contributed by atoms with Gasteiger partial charge in [0.05, 0.1) is 14.2 Å². The maximum Gasteiger partial charge on any atom is 0.216 e. The number of amides is 1. The molecule has 0 spiro atoms. The summed E-state index contributed by atoms with van der Waals surface area (Å²) < 4.78 is 10.6. The SMILES string of the molecule is COc1cc2ccnc(NCCNC(C)=O)c2cc1OC. The zero-order valence-electron chi connectivity index (χ0n) is 12.4. The number of ether oxygens (including phenoxy) is 2. The summed E-state index contributed by atoms with van der Waals surface area (Å²) in [6.45, 7) is 2.63. The maximum atomic E-state index is 10.8. The number of aromatic nitrogens is 1. The van der Waals surface area contributed by atoms with E-state index in [0.29, 0.717) is 24.6 Å². The highest BCUT2D eigenvalue weighted by atomic mass is 16.5. The number of rotatable bonds is 6. The molecule has 6 heteroatoms. The van der Waals surface area contributed by atoms with Gasteiger partial charge in [-0.3, -0.25) is 4.79 Å². The minimum absolute atomic E-state index is 0.0471. The molecule has 1 heterocycles. The molecule has 0 unspecified atom stereocenters. The highest BCUT2D eigenvalue weighted by Crippen LogP contribution is 2.34. The lowest BCUT2D eigenvalue weighted by molar-refractivity contribution is -0.118. The van der Waals surface area contributed by atoms with Gasteiger partial charge in [-0.05, 0) is 23.6 Å². The van der Waals surface area contributed by atoms with Gasteiger partial charge in [0.15, 0.2) is 11.5 Å². The van der Waals surface area contributed by atoms with Crippen LogP contribution in [0.15, 0.2) is 24.4 Å². The summed E-state index contributed by atoms with van der Waals surface area (Å²) in [5, 5.41) is 7.89. The molecule has 0 aliphatic carbocycles. The van der Waals surface area contributed by atoms with E-state index in [1.807, 2.05) is 18.2 Å². The highest BCUT2D eigenvalue weighted by molar-refractivity contribution is 5.94. The molecule has 2 rings (SSSR count). The standard InChI is InChI=1S/C15H19N3O3/c1-10(19)16-6-7-18-15-12-9-14(21-3)13(20-2)8-11(12)4-5-17-15/h4-5,8-9H,6-7H2,1-3H3,(H,16,19)(H,17,18). The van der Waals surface area contributed by atoms with Gasteiger partial charge in [0.25, 0.3) is 0 Å². The second-order valence-electron chi connectivity index (χ2n) is 4.50. The Balaban J connectivity index is 2.25. The Labute approximate surface area is 123 Å². The lowest BCUT2D eigenvalue weighted by Gasteiger charge is -2.12. The zero-order valence-corrected chi connectivity index (χ0v) is 12.4. The predicted octanol–water partition coefficient (Wildman–Crippen LogP) is 1.80. The third-order valence-electron chi connectivity index (χ3n) is 3.06. The van der Waals surface area contributed by atoms with E-state index in [2.05, 4.69) is 15.6 Å². The molecule has 1 aromatic carbocycles. The first kappa shape index (κ1) is 14.9. The minimum Gasteiger partial charge on any atom is -0.493 e. The zero-order chi connectivity index (χ0) is 15.2. The van der Waals surface area contributed by atoms with E-state index in [0.717, 1.165) is 16.6 Å². The number of anilines is 1. The van der Waals surface area contributed by atoms with Gasteiger partial charge in [-0.1, -0.05) is 0 Å². The first-order valence-corrected chi connectivity index (χ1v) is 6.64. The van der Waals surface area contributed by atoms with Crippen molar-refractivity contribution in [3.63, 3.8) is 0 Å². The third kappa shape index (κ3) is 3.53. The second kappa shape index (κ2) is 6.78. The van der Waals surface area contributed by atoms with Gasteiger partial charge in [-0.2, -0.15) is 0 Å². The van der Waals surface area contributed by atoms with E-state index in [4.69, 9.17) is 9.47 Å². The summed E-state index contributed by atoms with van der Waals surface area (Å²) in [5.74, 6) is 2.04. The average Bonchev–Trinajstić information content (AvgIpc) is 2.49. The van der Waals surface area contributed by atoms with Gasteiger partial charge in [-0.25, -0.2) is 4.98 Å². The van der Waals surface area contributed by atoms with Crippen molar-refractivity contribution in [1.29, 1.82) is 0 Å². The number of hydrogen-bond acceptors (Lipinski definition) is 5. The first-order chi connectivity index (χ1) is 10.2. The smallest absolute Gasteiger partial charge is 0.216 e. The number of carbonyl (C=O) groups excluding carboxylic acids is 1. The number of carbonyl (C=O) groups is 1. The van der Waals surface area contributed by atoms with Crippen LogP contribution in [0.2, 0.25) is 0 Å². The Bertz CT molecular complexity index is 643. The van der Waals surface area contributed by atoms with E-state index >= 15 is 0 Å². The lowest BCUT2D eigenvalue weighted by Crippen LogP contribution is -2.26. The molecule has 2 aromatic rings. The van der Waals surface area contributed by atoms with E-state index in [1.54, 1.807) is 20.4 Å². The van der Waals surface area contributed by atoms with Crippen LogP contribution in [0.3, 0.4) is 0 Å². The summed E-state index contributed by atoms with van der Waals surface area (Å²) in [6.07, 6.45) is 1.73. The van der Waals surface area contributed by atoms with Crippen LogP contribution < -0.4 is 20.1 Å². The van der Waals surface area contributed by atoms with Gasteiger partial charge in [-0.15, -0.1) is 0 Å². The molecule has 112 valence electrons. The minimum atomic E-state index is -0.0471. The second-order valence-corrected chi connectivity index (χ2v) is 4.50. The van der Waals surface area contributed by atoms with Crippen molar-refractivity contribution in [2.24, 2.45) is 0 Å². The van der Waals surface area contributed by atoms with E-state index in [-0.39, 0.29) is 5.91 Å².